The molecule has 0 bridgehead atoms. The third-order valence-corrected chi connectivity index (χ3v) is 2.14. The molecular formula is C11H10N2O3. The predicted molar refractivity (Wildman–Crippen MR) is 58.9 cm³/mol. The van der Waals surface area contributed by atoms with E-state index in [4.69, 9.17) is 4.42 Å². The maximum Gasteiger partial charge on any atom is 0.417 e. The van der Waals surface area contributed by atoms with Crippen LogP contribution in [0.4, 0.5) is 0 Å². The van der Waals surface area contributed by atoms with Crippen LogP contribution in [0.1, 0.15) is 5.56 Å². The first-order valence-corrected chi connectivity index (χ1v) is 4.71. The maximum absolute atomic E-state index is 10.9. The molecule has 2 aromatic rings. The summed E-state index contributed by atoms with van der Waals surface area (Å²) in [6.45, 7) is 3.73. The highest BCUT2D eigenvalue weighted by molar-refractivity contribution is 5.86. The van der Waals surface area contributed by atoms with Crippen molar-refractivity contribution in [3.63, 3.8) is 0 Å². The SMILES string of the molecule is C=CC(=O)NCc1ccc2oc(=O)[nH]c2c1. The summed E-state index contributed by atoms with van der Waals surface area (Å²) in [7, 11) is 0. The number of hydrogen-bond acceptors (Lipinski definition) is 3. The number of H-pyrrole nitrogens is 1. The fraction of sp³-hybridized carbons (Fsp3) is 0.0909. The molecule has 5 heteroatoms. The first kappa shape index (κ1) is 10.2. The fourth-order valence-corrected chi connectivity index (χ4v) is 1.37. The van der Waals surface area contributed by atoms with Crippen LogP contribution in [0.2, 0.25) is 0 Å². The molecule has 0 aliphatic heterocycles. The Morgan fingerprint density at radius 2 is 2.38 bits per heavy atom. The van der Waals surface area contributed by atoms with Crippen LogP contribution in [0.25, 0.3) is 11.1 Å². The molecule has 1 amide bonds. The van der Waals surface area contributed by atoms with Crippen LogP contribution in [-0.2, 0) is 11.3 Å². The van der Waals surface area contributed by atoms with Gasteiger partial charge in [-0.2, -0.15) is 0 Å². The zero-order chi connectivity index (χ0) is 11.5. The Kier molecular flexibility index (Phi) is 2.59. The lowest BCUT2D eigenvalue weighted by atomic mass is 10.2. The minimum atomic E-state index is -0.484. The topological polar surface area (TPSA) is 75.1 Å². The van der Waals surface area contributed by atoms with Gasteiger partial charge in [0.25, 0.3) is 0 Å². The van der Waals surface area contributed by atoms with Gasteiger partial charge in [0, 0.05) is 6.54 Å². The van der Waals surface area contributed by atoms with Crippen LogP contribution in [0.3, 0.4) is 0 Å². The number of carbonyl (C=O) groups is 1. The van der Waals surface area contributed by atoms with E-state index in [0.29, 0.717) is 17.6 Å². The molecule has 2 N–H and O–H groups in total. The number of oxazole rings is 1. The highest BCUT2D eigenvalue weighted by Gasteiger charge is 2.02. The van der Waals surface area contributed by atoms with Crippen LogP contribution in [0.5, 0.6) is 0 Å². The largest absolute Gasteiger partial charge is 0.417 e. The van der Waals surface area contributed by atoms with Gasteiger partial charge in [0.1, 0.15) is 0 Å². The number of benzene rings is 1. The number of aromatic nitrogens is 1. The number of fused-ring (bicyclic) bond motifs is 1. The molecule has 0 fully saturated rings. The minimum Gasteiger partial charge on any atom is -0.408 e. The van der Waals surface area contributed by atoms with Crippen LogP contribution >= 0.6 is 0 Å². The Morgan fingerprint density at radius 1 is 1.56 bits per heavy atom. The highest BCUT2D eigenvalue weighted by atomic mass is 16.4. The molecule has 0 saturated carbocycles. The second kappa shape index (κ2) is 4.06. The smallest absolute Gasteiger partial charge is 0.408 e. The van der Waals surface area contributed by atoms with E-state index in [0.717, 1.165) is 5.56 Å². The first-order chi connectivity index (χ1) is 7.69. The summed E-state index contributed by atoms with van der Waals surface area (Å²) in [6, 6.07) is 5.22. The van der Waals surface area contributed by atoms with Gasteiger partial charge in [0.2, 0.25) is 5.91 Å². The number of aromatic amines is 1. The summed E-state index contributed by atoms with van der Waals surface area (Å²) in [5.74, 6) is -0.719. The van der Waals surface area contributed by atoms with E-state index in [-0.39, 0.29) is 5.91 Å². The minimum absolute atomic E-state index is 0.235. The number of nitrogens with one attached hydrogen (secondary N) is 2. The maximum atomic E-state index is 10.9. The molecule has 0 aliphatic rings. The molecule has 0 radical (unpaired) electrons. The molecular weight excluding hydrogens is 208 g/mol. The van der Waals surface area contributed by atoms with Gasteiger partial charge in [-0.25, -0.2) is 4.79 Å². The van der Waals surface area contributed by atoms with Gasteiger partial charge in [-0.15, -0.1) is 0 Å². The standard InChI is InChI=1S/C11H10N2O3/c1-2-10(14)12-6-7-3-4-9-8(5-7)13-11(15)16-9/h2-5H,1,6H2,(H,12,14)(H,13,15). The van der Waals surface area contributed by atoms with E-state index in [9.17, 15) is 9.59 Å². The Labute approximate surface area is 90.8 Å². The molecule has 0 unspecified atom stereocenters. The summed E-state index contributed by atoms with van der Waals surface area (Å²) in [5.41, 5.74) is 2.00. The lowest BCUT2D eigenvalue weighted by Crippen LogP contribution is -2.19. The van der Waals surface area contributed by atoms with Crippen molar-refractivity contribution in [3.05, 3.63) is 47.0 Å². The summed E-state index contributed by atoms with van der Waals surface area (Å²) in [5, 5.41) is 2.64. The van der Waals surface area contributed by atoms with Crippen molar-refractivity contribution in [2.24, 2.45) is 0 Å². The van der Waals surface area contributed by atoms with E-state index >= 15 is 0 Å². The van der Waals surface area contributed by atoms with Crippen LogP contribution in [0, 0.1) is 0 Å². The van der Waals surface area contributed by atoms with Gasteiger partial charge in [0.15, 0.2) is 5.58 Å². The molecule has 0 aliphatic carbocycles. The molecule has 82 valence electrons. The van der Waals surface area contributed by atoms with Crippen molar-refractivity contribution in [3.8, 4) is 0 Å². The average molecular weight is 218 g/mol. The molecule has 1 aromatic carbocycles. The van der Waals surface area contributed by atoms with Gasteiger partial charge in [-0.05, 0) is 23.8 Å². The van der Waals surface area contributed by atoms with Gasteiger partial charge < -0.3 is 9.73 Å². The Balaban J connectivity index is 2.22. The number of rotatable bonds is 3. The molecule has 2 rings (SSSR count). The summed E-state index contributed by atoms with van der Waals surface area (Å²) < 4.78 is 4.86. The van der Waals surface area contributed by atoms with Crippen molar-refractivity contribution < 1.29 is 9.21 Å². The summed E-state index contributed by atoms with van der Waals surface area (Å²) in [4.78, 5) is 24.4. The Hall–Kier alpha value is -2.30. The molecule has 5 nitrogen and oxygen atoms in total. The van der Waals surface area contributed by atoms with Gasteiger partial charge in [0.05, 0.1) is 5.52 Å². The molecule has 1 heterocycles. The van der Waals surface area contributed by atoms with Crippen molar-refractivity contribution in [2.45, 2.75) is 6.54 Å². The van der Waals surface area contributed by atoms with Crippen LogP contribution < -0.4 is 11.1 Å². The van der Waals surface area contributed by atoms with E-state index in [1.165, 1.54) is 6.08 Å². The number of carbonyl (C=O) groups excluding carboxylic acids is 1. The van der Waals surface area contributed by atoms with Gasteiger partial charge in [-0.3, -0.25) is 9.78 Å². The second-order valence-electron chi connectivity index (χ2n) is 3.27. The van der Waals surface area contributed by atoms with Crippen LogP contribution in [0.15, 0.2) is 40.1 Å². The second-order valence-corrected chi connectivity index (χ2v) is 3.27. The lowest BCUT2D eigenvalue weighted by Gasteiger charge is -2.01. The molecule has 0 spiro atoms. The molecule has 0 saturated heterocycles. The van der Waals surface area contributed by atoms with Crippen molar-refractivity contribution in [2.75, 3.05) is 0 Å². The summed E-state index contributed by atoms with van der Waals surface area (Å²) in [6.07, 6.45) is 1.21. The number of amides is 1. The monoisotopic (exact) mass is 218 g/mol. The van der Waals surface area contributed by atoms with Gasteiger partial charge >= 0.3 is 5.76 Å². The third-order valence-electron chi connectivity index (χ3n) is 2.14. The summed E-state index contributed by atoms with van der Waals surface area (Å²) >= 11 is 0. The normalized spacial score (nSPS) is 10.2. The Bertz CT molecular complexity index is 595. The van der Waals surface area contributed by atoms with Gasteiger partial charge in [-0.1, -0.05) is 12.6 Å². The number of hydrogen-bond donors (Lipinski definition) is 2. The Morgan fingerprint density at radius 3 is 3.12 bits per heavy atom. The first-order valence-electron chi connectivity index (χ1n) is 4.71. The van der Waals surface area contributed by atoms with E-state index < -0.39 is 5.76 Å². The zero-order valence-electron chi connectivity index (χ0n) is 8.45. The quantitative estimate of drug-likeness (QED) is 0.752. The van der Waals surface area contributed by atoms with E-state index in [1.54, 1.807) is 18.2 Å². The van der Waals surface area contributed by atoms with E-state index in [1.807, 2.05) is 0 Å². The average Bonchev–Trinajstić information content (AvgIpc) is 2.65. The van der Waals surface area contributed by atoms with Crippen LogP contribution in [-0.4, -0.2) is 10.9 Å². The molecule has 16 heavy (non-hydrogen) atoms. The zero-order valence-corrected chi connectivity index (χ0v) is 8.45. The predicted octanol–water partition coefficient (Wildman–Crippen LogP) is 0.923. The fourth-order valence-electron chi connectivity index (χ4n) is 1.37. The lowest BCUT2D eigenvalue weighted by molar-refractivity contribution is -0.116. The highest BCUT2D eigenvalue weighted by Crippen LogP contribution is 2.11. The van der Waals surface area contributed by atoms with Crippen molar-refractivity contribution >= 4 is 17.0 Å². The van der Waals surface area contributed by atoms with Crippen molar-refractivity contribution in [1.82, 2.24) is 10.3 Å². The van der Waals surface area contributed by atoms with E-state index in [2.05, 4.69) is 16.9 Å². The van der Waals surface area contributed by atoms with Crippen molar-refractivity contribution in [1.29, 1.82) is 0 Å². The third kappa shape index (κ3) is 2.03. The molecule has 1 aromatic heterocycles. The molecule has 0 atom stereocenters.